The van der Waals surface area contributed by atoms with Gasteiger partial charge >= 0.3 is 0 Å². The molecule has 6 nitrogen and oxygen atoms in total. The molecule has 0 radical (unpaired) electrons. The molecular formula is C21H25ClN2O4. The first-order chi connectivity index (χ1) is 13.2. The van der Waals surface area contributed by atoms with Crippen LogP contribution in [-0.2, 0) is 15.0 Å². The van der Waals surface area contributed by atoms with Crippen molar-refractivity contribution in [3.8, 4) is 11.5 Å². The Balaban J connectivity index is 1.76. The van der Waals surface area contributed by atoms with Crippen LogP contribution in [0.25, 0.3) is 0 Å². The van der Waals surface area contributed by atoms with Gasteiger partial charge in [0.25, 0.3) is 11.8 Å². The quantitative estimate of drug-likeness (QED) is 0.722. The smallest absolute Gasteiger partial charge is 0.276 e. The topological polar surface area (TPSA) is 76.7 Å². The van der Waals surface area contributed by atoms with Gasteiger partial charge in [0, 0.05) is 5.02 Å². The molecule has 2 N–H and O–H groups in total. The fourth-order valence-corrected chi connectivity index (χ4v) is 2.54. The van der Waals surface area contributed by atoms with E-state index in [1.54, 1.807) is 18.2 Å². The van der Waals surface area contributed by atoms with Crippen LogP contribution in [0.4, 0.5) is 0 Å². The number of benzene rings is 2. The summed E-state index contributed by atoms with van der Waals surface area (Å²) >= 11 is 5.94. The van der Waals surface area contributed by atoms with Gasteiger partial charge in [0.2, 0.25) is 0 Å². The number of carbonyl (C=O) groups excluding carboxylic acids is 2. The summed E-state index contributed by atoms with van der Waals surface area (Å²) in [6, 6.07) is 12.6. The van der Waals surface area contributed by atoms with E-state index in [4.69, 9.17) is 21.1 Å². The number of hydrogen-bond donors (Lipinski definition) is 2. The van der Waals surface area contributed by atoms with E-state index in [0.29, 0.717) is 16.5 Å². The average molecular weight is 405 g/mol. The highest BCUT2D eigenvalue weighted by Crippen LogP contribution is 2.30. The third kappa shape index (κ3) is 6.46. The number of ether oxygens (including phenoxy) is 2. The lowest BCUT2D eigenvalue weighted by Gasteiger charge is -2.22. The summed E-state index contributed by atoms with van der Waals surface area (Å²) in [7, 11) is 0. The molecule has 0 saturated heterocycles. The van der Waals surface area contributed by atoms with Crippen molar-refractivity contribution in [3.63, 3.8) is 0 Å². The van der Waals surface area contributed by atoms with E-state index in [0.717, 1.165) is 11.1 Å². The van der Waals surface area contributed by atoms with Crippen molar-refractivity contribution in [3.05, 3.63) is 58.6 Å². The van der Waals surface area contributed by atoms with Gasteiger partial charge in [0.05, 0.1) is 0 Å². The van der Waals surface area contributed by atoms with Crippen LogP contribution in [0.15, 0.2) is 42.5 Å². The van der Waals surface area contributed by atoms with Crippen LogP contribution in [0.2, 0.25) is 5.02 Å². The molecule has 0 aliphatic heterocycles. The number of aryl methyl sites for hydroxylation is 1. The van der Waals surface area contributed by atoms with Gasteiger partial charge in [-0.3, -0.25) is 20.4 Å². The molecular weight excluding hydrogens is 380 g/mol. The zero-order chi connectivity index (χ0) is 20.7. The van der Waals surface area contributed by atoms with E-state index < -0.39 is 11.8 Å². The molecule has 150 valence electrons. The highest BCUT2D eigenvalue weighted by atomic mass is 35.5. The SMILES string of the molecule is Cc1cc(OCC(=O)NNC(=O)COc2ccccc2C(C)(C)C)ccc1Cl. The number of rotatable bonds is 6. The molecule has 0 heterocycles. The Hall–Kier alpha value is -2.73. The fraction of sp³-hybridized carbons (Fsp3) is 0.333. The van der Waals surface area contributed by atoms with E-state index in [9.17, 15) is 9.59 Å². The van der Waals surface area contributed by atoms with Crippen molar-refractivity contribution >= 4 is 23.4 Å². The lowest BCUT2D eigenvalue weighted by molar-refractivity contribution is -0.131. The Bertz CT molecular complexity index is 847. The Kier molecular flexibility index (Phi) is 7.29. The maximum absolute atomic E-state index is 11.9. The first-order valence-corrected chi connectivity index (χ1v) is 9.23. The van der Waals surface area contributed by atoms with Gasteiger partial charge in [-0.15, -0.1) is 0 Å². The molecule has 0 bridgehead atoms. The van der Waals surface area contributed by atoms with Gasteiger partial charge in [0.15, 0.2) is 13.2 Å². The van der Waals surface area contributed by atoms with Crippen LogP contribution in [0.5, 0.6) is 11.5 Å². The van der Waals surface area contributed by atoms with Gasteiger partial charge in [0.1, 0.15) is 11.5 Å². The average Bonchev–Trinajstić information content (AvgIpc) is 2.65. The Morgan fingerprint density at radius 2 is 1.57 bits per heavy atom. The van der Waals surface area contributed by atoms with Crippen molar-refractivity contribution < 1.29 is 19.1 Å². The second kappa shape index (κ2) is 9.46. The van der Waals surface area contributed by atoms with Gasteiger partial charge in [-0.25, -0.2) is 0 Å². The second-order valence-corrected chi connectivity index (χ2v) is 7.74. The van der Waals surface area contributed by atoms with Gasteiger partial charge in [-0.1, -0.05) is 50.6 Å². The van der Waals surface area contributed by atoms with Crippen LogP contribution in [0.3, 0.4) is 0 Å². The molecule has 0 atom stereocenters. The zero-order valence-corrected chi connectivity index (χ0v) is 17.2. The van der Waals surface area contributed by atoms with Crippen LogP contribution in [-0.4, -0.2) is 25.0 Å². The van der Waals surface area contributed by atoms with Crippen molar-refractivity contribution in [1.29, 1.82) is 0 Å². The number of hydrazine groups is 1. The van der Waals surface area contributed by atoms with Crippen molar-refractivity contribution in [1.82, 2.24) is 10.9 Å². The molecule has 0 aliphatic carbocycles. The summed E-state index contributed by atoms with van der Waals surface area (Å²) in [6.45, 7) is 7.58. The summed E-state index contributed by atoms with van der Waals surface area (Å²) in [5, 5.41) is 0.622. The maximum Gasteiger partial charge on any atom is 0.276 e. The minimum absolute atomic E-state index is 0.112. The standard InChI is InChI=1S/C21H25ClN2O4/c1-14-11-15(9-10-17(14)22)27-12-19(25)23-24-20(26)13-28-18-8-6-5-7-16(18)21(2,3)4/h5-11H,12-13H2,1-4H3,(H,23,25)(H,24,26). The minimum Gasteiger partial charge on any atom is -0.484 e. The van der Waals surface area contributed by atoms with Gasteiger partial charge < -0.3 is 9.47 Å². The highest BCUT2D eigenvalue weighted by Gasteiger charge is 2.19. The van der Waals surface area contributed by atoms with Gasteiger partial charge in [-0.2, -0.15) is 0 Å². The number of hydrogen-bond acceptors (Lipinski definition) is 4. The summed E-state index contributed by atoms with van der Waals surface area (Å²) < 4.78 is 11.0. The molecule has 0 unspecified atom stereocenters. The molecule has 28 heavy (non-hydrogen) atoms. The molecule has 0 fully saturated rings. The lowest BCUT2D eigenvalue weighted by atomic mass is 9.86. The van der Waals surface area contributed by atoms with Crippen LogP contribution in [0.1, 0.15) is 31.9 Å². The molecule has 2 amide bonds. The van der Waals surface area contributed by atoms with Gasteiger partial charge in [-0.05, 0) is 47.7 Å². The molecule has 7 heteroatoms. The number of halogens is 1. The predicted molar refractivity (Wildman–Crippen MR) is 109 cm³/mol. The molecule has 2 rings (SSSR count). The van der Waals surface area contributed by atoms with Crippen LogP contribution < -0.4 is 20.3 Å². The summed E-state index contributed by atoms with van der Waals surface area (Å²) in [6.07, 6.45) is 0. The van der Waals surface area contributed by atoms with E-state index in [1.807, 2.05) is 31.2 Å². The number of nitrogens with one attached hydrogen (secondary N) is 2. The number of para-hydroxylation sites is 1. The minimum atomic E-state index is -0.490. The highest BCUT2D eigenvalue weighted by molar-refractivity contribution is 6.31. The predicted octanol–water partition coefficient (Wildman–Crippen LogP) is 3.55. The van der Waals surface area contributed by atoms with Crippen LogP contribution in [0, 0.1) is 6.92 Å². The zero-order valence-electron chi connectivity index (χ0n) is 16.5. The van der Waals surface area contributed by atoms with E-state index in [-0.39, 0.29) is 18.6 Å². The summed E-state index contributed by atoms with van der Waals surface area (Å²) in [4.78, 5) is 23.7. The fourth-order valence-electron chi connectivity index (χ4n) is 2.42. The monoisotopic (exact) mass is 404 g/mol. The molecule has 2 aromatic rings. The maximum atomic E-state index is 11.9. The van der Waals surface area contributed by atoms with E-state index in [1.165, 1.54) is 0 Å². The normalized spacial score (nSPS) is 10.9. The van der Waals surface area contributed by atoms with Crippen molar-refractivity contribution in [2.45, 2.75) is 33.1 Å². The Morgan fingerprint density at radius 3 is 2.18 bits per heavy atom. The molecule has 0 aliphatic rings. The molecule has 0 aromatic heterocycles. The van der Waals surface area contributed by atoms with Crippen molar-refractivity contribution in [2.75, 3.05) is 13.2 Å². The lowest BCUT2D eigenvalue weighted by Crippen LogP contribution is -2.45. The molecule has 0 saturated carbocycles. The number of carbonyl (C=O) groups is 2. The third-order valence-electron chi connectivity index (χ3n) is 3.89. The van der Waals surface area contributed by atoms with E-state index >= 15 is 0 Å². The molecule has 0 spiro atoms. The van der Waals surface area contributed by atoms with E-state index in [2.05, 4.69) is 31.6 Å². The summed E-state index contributed by atoms with van der Waals surface area (Å²) in [5.74, 6) is 0.193. The largest absolute Gasteiger partial charge is 0.484 e. The number of amides is 2. The Morgan fingerprint density at radius 1 is 0.964 bits per heavy atom. The van der Waals surface area contributed by atoms with Crippen LogP contribution >= 0.6 is 11.6 Å². The molecule has 2 aromatic carbocycles. The summed E-state index contributed by atoms with van der Waals surface area (Å²) in [5.41, 5.74) is 6.33. The third-order valence-corrected chi connectivity index (χ3v) is 4.32. The Labute approximate surface area is 170 Å². The van der Waals surface area contributed by atoms with Crippen molar-refractivity contribution in [2.24, 2.45) is 0 Å². The first kappa shape index (κ1) is 21.6. The second-order valence-electron chi connectivity index (χ2n) is 7.33. The first-order valence-electron chi connectivity index (χ1n) is 8.86.